The first-order valence-corrected chi connectivity index (χ1v) is 9.76. The number of carbonyl (C=O) groups excluding carboxylic acids is 1. The first-order chi connectivity index (χ1) is 16.4. The Morgan fingerprint density at radius 1 is 1.31 bits per heavy atom. The van der Waals surface area contributed by atoms with E-state index in [4.69, 9.17) is 18.4 Å². The molecule has 3 aromatic rings. The number of methoxy groups -OCH3 is 1. The number of rotatable bonds is 5. The summed E-state index contributed by atoms with van der Waals surface area (Å²) in [5.74, 6) is -3.00. The third-order valence-electron chi connectivity index (χ3n) is 5.25. The molecule has 0 unspecified atom stereocenters. The molecule has 0 atom stereocenters. The fourth-order valence-corrected chi connectivity index (χ4v) is 3.56. The minimum Gasteiger partial charge on any atom is -0.493 e. The summed E-state index contributed by atoms with van der Waals surface area (Å²) in [6.45, 7) is -0.219. The van der Waals surface area contributed by atoms with Crippen molar-refractivity contribution in [2.45, 2.75) is 25.3 Å². The number of aromatic nitrogens is 1. The highest BCUT2D eigenvalue weighted by atomic mass is 19.3. The number of nitrogens with one attached hydrogen (secondary N) is 1. The highest BCUT2D eigenvalue weighted by Crippen LogP contribution is 2.34. The van der Waals surface area contributed by atoms with Crippen LogP contribution in [0.2, 0.25) is 0 Å². The number of carbonyl (C=O) groups is 2. The molecule has 1 fully saturated rings. The van der Waals surface area contributed by atoms with Gasteiger partial charge in [0, 0.05) is 43.1 Å². The van der Waals surface area contributed by atoms with Gasteiger partial charge in [0.25, 0.3) is 11.8 Å². The lowest BCUT2D eigenvalue weighted by Gasteiger charge is -2.31. The number of hydrogen-bond acceptors (Lipinski definition) is 5. The standard InChI is InChI=1S/C22H21F2N3O5/c1-31-18-10-14(8-15-9-16(32-19(15)18)12-26-21(29)30)17-3-2-13(11-25-17)20(28)27-6-4-22(23,24)5-7-27/h2-3,8-11,26H,4-7,12H2,1H3,(H,29,30)/i1D3. The number of ether oxygens (including phenoxy) is 1. The molecule has 2 aromatic heterocycles. The van der Waals surface area contributed by atoms with Gasteiger partial charge in [-0.3, -0.25) is 9.78 Å². The number of likely N-dealkylation sites (tertiary alicyclic amines) is 1. The average Bonchev–Trinajstić information content (AvgIpc) is 3.20. The fraction of sp³-hybridized carbons (Fsp3) is 0.318. The fourth-order valence-electron chi connectivity index (χ4n) is 3.56. The molecule has 1 saturated heterocycles. The third-order valence-corrected chi connectivity index (χ3v) is 5.25. The smallest absolute Gasteiger partial charge is 0.405 e. The first kappa shape index (κ1) is 17.9. The lowest BCUT2D eigenvalue weighted by atomic mass is 10.0. The van der Waals surface area contributed by atoms with Crippen LogP contribution in [-0.2, 0) is 6.54 Å². The van der Waals surface area contributed by atoms with Crippen molar-refractivity contribution in [1.29, 1.82) is 0 Å². The van der Waals surface area contributed by atoms with Gasteiger partial charge in [0.15, 0.2) is 11.3 Å². The number of benzene rings is 1. The first-order valence-electron chi connectivity index (χ1n) is 11.3. The van der Waals surface area contributed by atoms with Crippen molar-refractivity contribution in [3.05, 3.63) is 47.9 Å². The van der Waals surface area contributed by atoms with Crippen molar-refractivity contribution in [3.63, 3.8) is 0 Å². The van der Waals surface area contributed by atoms with Crippen LogP contribution in [0.4, 0.5) is 13.6 Å². The predicted molar refractivity (Wildman–Crippen MR) is 111 cm³/mol. The molecule has 4 rings (SSSR count). The van der Waals surface area contributed by atoms with Crippen LogP contribution < -0.4 is 10.1 Å². The van der Waals surface area contributed by atoms with Crippen LogP contribution in [0.15, 0.2) is 40.9 Å². The molecule has 1 aromatic carbocycles. The van der Waals surface area contributed by atoms with Gasteiger partial charge in [-0.05, 0) is 30.3 Å². The molecule has 3 heterocycles. The van der Waals surface area contributed by atoms with Gasteiger partial charge >= 0.3 is 6.09 Å². The van der Waals surface area contributed by atoms with Crippen LogP contribution in [0.25, 0.3) is 22.2 Å². The highest BCUT2D eigenvalue weighted by molar-refractivity contribution is 5.94. The summed E-state index contributed by atoms with van der Waals surface area (Å²) >= 11 is 0. The van der Waals surface area contributed by atoms with Crippen LogP contribution in [0.3, 0.4) is 0 Å². The average molecular weight is 448 g/mol. The van der Waals surface area contributed by atoms with Gasteiger partial charge in [-0.2, -0.15) is 0 Å². The molecule has 0 aliphatic carbocycles. The van der Waals surface area contributed by atoms with E-state index >= 15 is 0 Å². The molecule has 8 nitrogen and oxygen atoms in total. The van der Waals surface area contributed by atoms with E-state index in [2.05, 4.69) is 10.3 Å². The highest BCUT2D eigenvalue weighted by Gasteiger charge is 2.35. The molecule has 0 radical (unpaired) electrons. The Kier molecular flexibility index (Phi) is 4.73. The summed E-state index contributed by atoms with van der Waals surface area (Å²) < 4.78 is 59.8. The predicted octanol–water partition coefficient (Wildman–Crippen LogP) is 4.14. The molecular weight excluding hydrogens is 424 g/mol. The number of furan rings is 1. The zero-order chi connectivity index (χ0) is 25.4. The van der Waals surface area contributed by atoms with E-state index in [1.54, 1.807) is 18.2 Å². The van der Waals surface area contributed by atoms with E-state index in [0.29, 0.717) is 16.6 Å². The summed E-state index contributed by atoms with van der Waals surface area (Å²) in [4.78, 5) is 29.1. The zero-order valence-corrected chi connectivity index (χ0v) is 16.7. The lowest BCUT2D eigenvalue weighted by Crippen LogP contribution is -2.42. The van der Waals surface area contributed by atoms with Crippen LogP contribution in [0.1, 0.15) is 33.1 Å². The largest absolute Gasteiger partial charge is 0.493 e. The summed E-state index contributed by atoms with van der Waals surface area (Å²) in [5.41, 5.74) is 1.23. The van der Waals surface area contributed by atoms with Crippen molar-refractivity contribution in [3.8, 4) is 17.0 Å². The Balaban J connectivity index is 1.62. The monoisotopic (exact) mass is 448 g/mol. The minimum absolute atomic E-state index is 0.0420. The van der Waals surface area contributed by atoms with Gasteiger partial charge in [-0.15, -0.1) is 0 Å². The Morgan fingerprint density at radius 2 is 2.09 bits per heavy atom. The van der Waals surface area contributed by atoms with Crippen LogP contribution in [0.5, 0.6) is 5.75 Å². The second kappa shape index (κ2) is 8.45. The van der Waals surface area contributed by atoms with E-state index in [9.17, 15) is 18.4 Å². The maximum absolute atomic E-state index is 13.4. The molecule has 2 amide bonds. The number of piperidine rings is 1. The van der Waals surface area contributed by atoms with E-state index in [1.807, 2.05) is 0 Å². The second-order valence-corrected chi connectivity index (χ2v) is 7.45. The van der Waals surface area contributed by atoms with Gasteiger partial charge in [0.05, 0.1) is 29.0 Å². The molecule has 10 heteroatoms. The second-order valence-electron chi connectivity index (χ2n) is 7.45. The zero-order valence-electron chi connectivity index (χ0n) is 19.7. The minimum atomic E-state index is -2.77. The molecule has 168 valence electrons. The maximum atomic E-state index is 13.4. The molecule has 0 spiro atoms. The molecule has 32 heavy (non-hydrogen) atoms. The van der Waals surface area contributed by atoms with Gasteiger partial charge in [-0.25, -0.2) is 13.6 Å². The number of pyridine rings is 1. The van der Waals surface area contributed by atoms with Gasteiger partial charge in [0.1, 0.15) is 5.76 Å². The van der Waals surface area contributed by atoms with Crippen molar-refractivity contribution in [2.75, 3.05) is 20.1 Å². The molecular formula is C22H21F2N3O5. The van der Waals surface area contributed by atoms with Crippen LogP contribution in [0, 0.1) is 0 Å². The number of fused-ring (bicyclic) bond motifs is 1. The van der Waals surface area contributed by atoms with Gasteiger partial charge in [0.2, 0.25) is 0 Å². The van der Waals surface area contributed by atoms with E-state index < -0.39 is 25.0 Å². The van der Waals surface area contributed by atoms with Gasteiger partial charge in [-0.1, -0.05) is 0 Å². The molecule has 0 bridgehead atoms. The topological polar surface area (TPSA) is 105 Å². The number of alkyl halides is 2. The molecule has 1 aliphatic heterocycles. The molecule has 2 N–H and O–H groups in total. The van der Waals surface area contributed by atoms with Crippen molar-refractivity contribution < 1.29 is 36.7 Å². The maximum Gasteiger partial charge on any atom is 0.405 e. The van der Waals surface area contributed by atoms with E-state index in [1.165, 1.54) is 23.2 Å². The Morgan fingerprint density at radius 3 is 2.75 bits per heavy atom. The summed E-state index contributed by atoms with van der Waals surface area (Å²) in [6.07, 6.45) is -0.686. The third kappa shape index (κ3) is 4.48. The van der Waals surface area contributed by atoms with Crippen molar-refractivity contribution in [2.24, 2.45) is 0 Å². The van der Waals surface area contributed by atoms with Crippen LogP contribution >= 0.6 is 0 Å². The van der Waals surface area contributed by atoms with Crippen molar-refractivity contribution >= 4 is 23.0 Å². The number of nitrogens with zero attached hydrogens (tertiary/aromatic N) is 2. The van der Waals surface area contributed by atoms with Crippen molar-refractivity contribution in [1.82, 2.24) is 15.2 Å². The Bertz CT molecular complexity index is 1250. The number of carboxylic acid groups (broad SMARTS) is 1. The number of hydrogen-bond donors (Lipinski definition) is 2. The van der Waals surface area contributed by atoms with Crippen LogP contribution in [-0.4, -0.2) is 53.0 Å². The van der Waals surface area contributed by atoms with Gasteiger partial charge < -0.3 is 24.5 Å². The molecule has 0 saturated carbocycles. The lowest BCUT2D eigenvalue weighted by molar-refractivity contribution is -0.0494. The van der Waals surface area contributed by atoms with E-state index in [0.717, 1.165) is 0 Å². The normalized spacial score (nSPS) is 17.3. The SMILES string of the molecule is [2H]C([2H])([2H])Oc1cc(-c2ccc(C(=O)N3CCC(F)(F)CC3)cn2)cc2cc(CNC(=O)O)oc12. The summed E-state index contributed by atoms with van der Waals surface area (Å²) in [7, 11) is -2.77. The summed E-state index contributed by atoms with van der Waals surface area (Å²) in [6, 6.07) is 7.70. The number of halogens is 2. The van der Waals surface area contributed by atoms with E-state index in [-0.39, 0.29) is 55.1 Å². The Labute approximate surface area is 186 Å². The number of amides is 2. The Hall–Kier alpha value is -3.69. The molecule has 1 aliphatic rings. The summed E-state index contributed by atoms with van der Waals surface area (Å²) in [5, 5.41) is 11.4. The quantitative estimate of drug-likeness (QED) is 0.608.